The lowest BCUT2D eigenvalue weighted by atomic mass is 10.0. The largest absolute Gasteiger partial charge is 0.353 e. The predicted molar refractivity (Wildman–Crippen MR) is 99.0 cm³/mol. The van der Waals surface area contributed by atoms with Crippen molar-refractivity contribution in [1.29, 1.82) is 0 Å². The number of hydrogen-bond donors (Lipinski definition) is 3. The molecule has 1 aliphatic rings. The molecule has 1 amide bonds. The first-order chi connectivity index (χ1) is 11.6. The molecule has 1 aliphatic carbocycles. The van der Waals surface area contributed by atoms with Gasteiger partial charge in [0.05, 0.1) is 17.3 Å². The predicted octanol–water partition coefficient (Wildman–Crippen LogP) is 0.745. The Balaban J connectivity index is 0.00000225. The molecule has 8 heteroatoms. The van der Waals surface area contributed by atoms with E-state index in [-0.39, 0.29) is 48.4 Å². The second kappa shape index (κ2) is 8.31. The monoisotopic (exact) mass is 366 g/mol. The number of hydrogen-bond acceptors (Lipinski definition) is 4. The Morgan fingerprint density at radius 3 is 2.68 bits per heavy atom. The second-order valence-electron chi connectivity index (χ2n) is 6.29. The number of halogens is 1. The van der Waals surface area contributed by atoms with Gasteiger partial charge in [0.1, 0.15) is 0 Å². The summed E-state index contributed by atoms with van der Waals surface area (Å²) < 4.78 is 1.21. The molecular weight excluding hydrogens is 344 g/mol. The number of nitrogens with zero attached hydrogens (tertiary/aromatic N) is 1. The standard InChI is InChI=1S/C17H22N4O3.ClH/c18-10-11-4-3-7-14(11)19-15(22)8-9-21-17(24)13-6-2-1-5-12(13)16(23)20-21;/h1-2,5-6,11,14H,3-4,7-10,18H2,(H,19,22)(H,20,23);1H. The Hall–Kier alpha value is -2.12. The van der Waals surface area contributed by atoms with Crippen LogP contribution in [0.4, 0.5) is 0 Å². The van der Waals surface area contributed by atoms with Crippen LogP contribution in [0.2, 0.25) is 0 Å². The maximum atomic E-state index is 12.4. The SMILES string of the molecule is Cl.NCC1CCCC1NC(=O)CCn1[nH]c(=O)c2ccccc2c1=O. The van der Waals surface area contributed by atoms with Crippen LogP contribution >= 0.6 is 12.4 Å². The normalized spacial score (nSPS) is 19.6. The molecular formula is C17H23ClN4O3. The number of rotatable bonds is 5. The quantitative estimate of drug-likeness (QED) is 0.725. The van der Waals surface area contributed by atoms with Crippen LogP contribution in [0.1, 0.15) is 25.7 Å². The maximum Gasteiger partial charge on any atom is 0.273 e. The van der Waals surface area contributed by atoms with Crippen molar-refractivity contribution in [1.82, 2.24) is 15.1 Å². The van der Waals surface area contributed by atoms with Crippen LogP contribution < -0.4 is 22.2 Å². The molecule has 136 valence electrons. The highest BCUT2D eigenvalue weighted by atomic mass is 35.5. The molecule has 0 saturated heterocycles. The van der Waals surface area contributed by atoms with E-state index in [1.807, 2.05) is 0 Å². The van der Waals surface area contributed by atoms with Crippen LogP contribution in [0.5, 0.6) is 0 Å². The molecule has 25 heavy (non-hydrogen) atoms. The van der Waals surface area contributed by atoms with Crippen molar-refractivity contribution >= 4 is 29.1 Å². The van der Waals surface area contributed by atoms with E-state index in [1.165, 1.54) is 4.68 Å². The molecule has 1 aromatic carbocycles. The molecule has 2 atom stereocenters. The molecule has 1 fully saturated rings. The zero-order chi connectivity index (χ0) is 17.1. The van der Waals surface area contributed by atoms with Crippen molar-refractivity contribution in [2.75, 3.05) is 6.54 Å². The number of nitrogens with two attached hydrogens (primary N) is 1. The Bertz CT molecular complexity index is 861. The molecule has 1 aromatic heterocycles. The molecule has 4 N–H and O–H groups in total. The summed E-state index contributed by atoms with van der Waals surface area (Å²) in [5.74, 6) is 0.207. The van der Waals surface area contributed by atoms with E-state index < -0.39 is 0 Å². The van der Waals surface area contributed by atoms with Gasteiger partial charge in [0.25, 0.3) is 11.1 Å². The number of nitrogens with one attached hydrogen (secondary N) is 2. The summed E-state index contributed by atoms with van der Waals surface area (Å²) in [6.07, 6.45) is 3.20. The van der Waals surface area contributed by atoms with Crippen LogP contribution in [0.25, 0.3) is 10.8 Å². The molecule has 0 aliphatic heterocycles. The molecule has 0 bridgehead atoms. The average molecular weight is 367 g/mol. The van der Waals surface area contributed by atoms with Crippen molar-refractivity contribution in [2.45, 2.75) is 38.3 Å². The third-order valence-electron chi connectivity index (χ3n) is 4.75. The minimum Gasteiger partial charge on any atom is -0.353 e. The van der Waals surface area contributed by atoms with Gasteiger partial charge in [-0.15, -0.1) is 12.4 Å². The van der Waals surface area contributed by atoms with Gasteiger partial charge >= 0.3 is 0 Å². The van der Waals surface area contributed by atoms with E-state index in [9.17, 15) is 14.4 Å². The molecule has 7 nitrogen and oxygen atoms in total. The first kappa shape index (κ1) is 19.2. The van der Waals surface area contributed by atoms with Gasteiger partial charge in [-0.25, -0.2) is 4.68 Å². The number of aryl methyl sites for hydroxylation is 1. The minimum absolute atomic E-state index is 0. The number of H-pyrrole nitrogens is 1. The van der Waals surface area contributed by atoms with E-state index in [0.717, 1.165) is 19.3 Å². The highest BCUT2D eigenvalue weighted by Crippen LogP contribution is 2.24. The van der Waals surface area contributed by atoms with Crippen LogP contribution in [0, 0.1) is 5.92 Å². The zero-order valence-corrected chi connectivity index (χ0v) is 14.7. The van der Waals surface area contributed by atoms with Gasteiger partial charge in [0.2, 0.25) is 5.91 Å². The zero-order valence-electron chi connectivity index (χ0n) is 13.9. The number of benzene rings is 1. The van der Waals surface area contributed by atoms with Gasteiger partial charge in [-0.3, -0.25) is 19.5 Å². The summed E-state index contributed by atoms with van der Waals surface area (Å²) in [5, 5.41) is 6.25. The molecule has 1 heterocycles. The van der Waals surface area contributed by atoms with E-state index in [0.29, 0.717) is 23.2 Å². The Morgan fingerprint density at radius 1 is 1.24 bits per heavy atom. The lowest BCUT2D eigenvalue weighted by Gasteiger charge is -2.19. The maximum absolute atomic E-state index is 12.4. The van der Waals surface area contributed by atoms with Crippen LogP contribution in [-0.4, -0.2) is 28.3 Å². The van der Waals surface area contributed by atoms with Crippen molar-refractivity contribution in [3.63, 3.8) is 0 Å². The van der Waals surface area contributed by atoms with E-state index >= 15 is 0 Å². The number of carbonyl (C=O) groups excluding carboxylic acids is 1. The summed E-state index contributed by atoms with van der Waals surface area (Å²) in [6.45, 7) is 0.715. The van der Waals surface area contributed by atoms with Crippen LogP contribution in [-0.2, 0) is 11.3 Å². The van der Waals surface area contributed by atoms with E-state index in [1.54, 1.807) is 24.3 Å². The van der Waals surface area contributed by atoms with Crippen molar-refractivity contribution < 1.29 is 4.79 Å². The molecule has 0 spiro atoms. The minimum atomic E-state index is -0.329. The van der Waals surface area contributed by atoms with Crippen LogP contribution in [0.15, 0.2) is 33.9 Å². The van der Waals surface area contributed by atoms with Crippen molar-refractivity contribution in [3.8, 4) is 0 Å². The second-order valence-corrected chi connectivity index (χ2v) is 6.29. The summed E-state index contributed by atoms with van der Waals surface area (Å²) in [5.41, 5.74) is 5.10. The Kier molecular flexibility index (Phi) is 6.39. The molecule has 0 radical (unpaired) electrons. The molecule has 2 unspecified atom stereocenters. The Labute approximate surface area is 151 Å². The number of carbonyl (C=O) groups is 1. The summed E-state index contributed by atoms with van der Waals surface area (Å²) in [7, 11) is 0. The molecule has 3 rings (SSSR count). The molecule has 1 saturated carbocycles. The smallest absolute Gasteiger partial charge is 0.273 e. The van der Waals surface area contributed by atoms with Crippen molar-refractivity contribution in [2.24, 2.45) is 11.7 Å². The fraction of sp³-hybridized carbons (Fsp3) is 0.471. The fourth-order valence-electron chi connectivity index (χ4n) is 3.41. The lowest BCUT2D eigenvalue weighted by molar-refractivity contribution is -0.122. The number of aromatic amines is 1. The molecule has 2 aromatic rings. The summed E-state index contributed by atoms with van der Waals surface area (Å²) >= 11 is 0. The highest BCUT2D eigenvalue weighted by molar-refractivity contribution is 5.85. The van der Waals surface area contributed by atoms with Gasteiger partial charge in [0.15, 0.2) is 0 Å². The lowest BCUT2D eigenvalue weighted by Crippen LogP contribution is -2.40. The first-order valence-electron chi connectivity index (χ1n) is 8.31. The first-order valence-corrected chi connectivity index (χ1v) is 8.31. The van der Waals surface area contributed by atoms with E-state index in [4.69, 9.17) is 5.73 Å². The summed E-state index contributed by atoms with van der Waals surface area (Å²) in [4.78, 5) is 36.5. The number of fused-ring (bicyclic) bond motifs is 1. The third-order valence-corrected chi connectivity index (χ3v) is 4.75. The van der Waals surface area contributed by atoms with Gasteiger partial charge in [-0.2, -0.15) is 0 Å². The van der Waals surface area contributed by atoms with Crippen molar-refractivity contribution in [3.05, 3.63) is 45.0 Å². The van der Waals surface area contributed by atoms with Gasteiger partial charge in [0, 0.05) is 12.5 Å². The number of aromatic nitrogens is 2. The average Bonchev–Trinajstić information content (AvgIpc) is 3.04. The van der Waals surface area contributed by atoms with Gasteiger partial charge < -0.3 is 11.1 Å². The number of amides is 1. The topological polar surface area (TPSA) is 110 Å². The fourth-order valence-corrected chi connectivity index (χ4v) is 3.41. The van der Waals surface area contributed by atoms with Crippen LogP contribution in [0.3, 0.4) is 0 Å². The third kappa shape index (κ3) is 4.11. The highest BCUT2D eigenvalue weighted by Gasteiger charge is 2.27. The van der Waals surface area contributed by atoms with E-state index in [2.05, 4.69) is 10.4 Å². The summed E-state index contributed by atoms with van der Waals surface area (Å²) in [6, 6.07) is 6.78. The van der Waals surface area contributed by atoms with Gasteiger partial charge in [-0.1, -0.05) is 18.6 Å². The van der Waals surface area contributed by atoms with Gasteiger partial charge in [-0.05, 0) is 37.4 Å². The Morgan fingerprint density at radius 2 is 1.96 bits per heavy atom.